The van der Waals surface area contributed by atoms with Crippen molar-refractivity contribution in [2.45, 2.75) is 308 Å². The van der Waals surface area contributed by atoms with E-state index in [0.29, 0.717) is 92.7 Å². The molecule has 9 fully saturated rings. The maximum absolute atomic E-state index is 13.4. The molecule has 0 radical (unpaired) electrons. The summed E-state index contributed by atoms with van der Waals surface area (Å²) < 4.78 is 19.5. The van der Waals surface area contributed by atoms with Crippen LogP contribution < -0.4 is 0 Å². The number of aldehydes is 2. The molecule has 9 saturated carbocycles. The molecule has 4 N–H and O–H groups in total. The SMILES string of the molecule is CC(C)CC[C@@H](C)[C@H]1CCC2C3C=C4C=CCC[C@]4(C)C3CC[C@@]21C.C[SiH2]O[C@H]1CC[C@](C)(C2CC[C@@]3(C)C(CC[C@@H]3[C@H](C)CCC(C)C)C2CC=O)C(=O)C1.C[SiH2]O[C@H]1CC[C@]2(C)C3CC[C@@]4(C)C(CC[C@@H]4[C@H](C)CCC(C)C)C3C(C=O)[C@]2(O)C1.O.O[SiH3].[C-]#[O+]. The standard InChI is InChI=1S/2C27H48O3Si.C25H40.CO.H4OSi.H2O/c1-17(2)7-8-18(3)20-9-10-21-24-22(12-13-25(20,21)4)26(5)14-11-19(30-31-6)15-27(26,29)23(24)16-28;1-18(2)7-8-19(3)22-9-10-23-21(13-16-28)24(12-15-26(22,23)4)27(5)14-11-20(30-31-6)17-25(27)29;1-17(2)9-10-18(3)21-11-12-22-20-16-19-8-6-7-14-24(19,4)23(20)13-15-25(21,22)5;2*1-2;/h16-24,29H,7-15,31H2,1-6H3;16,18-24H,7-15,17,31H2,1-6H3;6,8,16-18,20-23H,7,9-15H2,1-5H3;;1H,2H3;1H2/t18-,19+,20-,21?,22?,23?,24?,25-,26-,27-;19-,20+,21?,22-,23?,24?,26-,27-;18-,20?,21-,22?,23?,24+,25-;;;/m111.../s1. The fourth-order valence-corrected chi connectivity index (χ4v) is 26.9. The molecule has 10 unspecified atom stereocenters. The molecule has 0 amide bonds. The summed E-state index contributed by atoms with van der Waals surface area (Å²) in [5, 5.41) is 12.2. The third kappa shape index (κ3) is 15.2. The Bertz CT molecular complexity index is 2450. The number of rotatable bonds is 20. The third-order valence-electron chi connectivity index (χ3n) is 30.4. The van der Waals surface area contributed by atoms with Gasteiger partial charge in [0, 0.05) is 42.1 Å². The molecular weight excluding hydrogens is 1190 g/mol. The summed E-state index contributed by atoms with van der Waals surface area (Å²) in [5.74, 6) is 13.2. The molecule has 0 heterocycles. The van der Waals surface area contributed by atoms with E-state index in [1.54, 1.807) is 5.57 Å². The van der Waals surface area contributed by atoms with Crippen LogP contribution in [0.4, 0.5) is 0 Å². The molecule has 0 aromatic heterocycles. The molecular formula is C80H142O9Si3. The number of allylic oxidation sites excluding steroid dienone is 4. The monoisotopic (exact) mass is 1330 g/mol. The van der Waals surface area contributed by atoms with Gasteiger partial charge in [0.15, 0.2) is 19.5 Å². The summed E-state index contributed by atoms with van der Waals surface area (Å²) in [6.07, 6.45) is 43.1. The van der Waals surface area contributed by atoms with Gasteiger partial charge in [0.2, 0.25) is 0 Å². The van der Waals surface area contributed by atoms with E-state index in [0.717, 1.165) is 109 Å². The number of ketones is 1. The van der Waals surface area contributed by atoms with Crippen molar-refractivity contribution in [2.24, 2.45) is 145 Å². The molecule has 12 heteroatoms. The Kier molecular flexibility index (Phi) is 28.8. The van der Waals surface area contributed by atoms with Crippen LogP contribution in [0.15, 0.2) is 23.8 Å². The first-order chi connectivity index (χ1) is 43.1. The predicted octanol–water partition coefficient (Wildman–Crippen LogP) is 16.2. The number of carbonyl (C=O) groups is 3. The number of hydrogen-bond acceptors (Lipinski definition) is 7. The predicted molar refractivity (Wildman–Crippen MR) is 388 cm³/mol. The summed E-state index contributed by atoms with van der Waals surface area (Å²) >= 11 is 0. The van der Waals surface area contributed by atoms with Crippen LogP contribution in [-0.4, -0.2) is 81.6 Å². The molecule has 11 rings (SSSR count). The van der Waals surface area contributed by atoms with Crippen molar-refractivity contribution in [3.63, 3.8) is 0 Å². The van der Waals surface area contributed by atoms with Gasteiger partial charge < -0.3 is 33.8 Å². The quantitative estimate of drug-likeness (QED) is 0.0531. The number of carbonyl (C=O) groups excluding carboxylic acids is 3. The van der Waals surface area contributed by atoms with E-state index in [4.69, 9.17) is 18.3 Å². The van der Waals surface area contributed by atoms with Gasteiger partial charge in [0.05, 0.1) is 11.7 Å². The molecule has 0 aromatic rings. The van der Waals surface area contributed by atoms with Gasteiger partial charge in [-0.25, -0.2) is 0 Å². The van der Waals surface area contributed by atoms with E-state index in [-0.39, 0.29) is 34.4 Å². The Labute approximate surface area is 572 Å². The van der Waals surface area contributed by atoms with Gasteiger partial charge in [-0.1, -0.05) is 174 Å². The minimum atomic E-state index is -0.872. The molecule has 0 spiro atoms. The number of fused-ring (bicyclic) bond motifs is 11. The van der Waals surface area contributed by atoms with Crippen LogP contribution in [0.5, 0.6) is 0 Å². The summed E-state index contributed by atoms with van der Waals surface area (Å²) in [7, 11) is -0.667. The summed E-state index contributed by atoms with van der Waals surface area (Å²) in [6.45, 7) is 45.4. The number of aliphatic hydroxyl groups is 1. The molecule has 25 atom stereocenters. The molecule has 11 aliphatic rings. The van der Waals surface area contributed by atoms with Crippen molar-refractivity contribution in [2.75, 3.05) is 0 Å². The van der Waals surface area contributed by atoms with E-state index in [1.807, 2.05) is 0 Å². The Morgan fingerprint density at radius 2 is 1.05 bits per heavy atom. The normalized spacial score (nSPS) is 44.0. The molecule has 0 aliphatic heterocycles. The Morgan fingerprint density at radius 1 is 0.587 bits per heavy atom. The first-order valence-electron chi connectivity index (χ1n) is 38.6. The fourth-order valence-electron chi connectivity index (χ4n) is 25.4. The van der Waals surface area contributed by atoms with Crippen LogP contribution in [0.1, 0.15) is 277 Å². The molecule has 528 valence electrons. The fraction of sp³-hybridized carbons (Fsp3) is 0.900. The van der Waals surface area contributed by atoms with Gasteiger partial charge in [-0.15, -0.1) is 0 Å². The van der Waals surface area contributed by atoms with Crippen molar-refractivity contribution in [3.8, 4) is 0 Å². The molecule has 92 heavy (non-hydrogen) atoms. The van der Waals surface area contributed by atoms with E-state index in [1.165, 1.54) is 128 Å². The zero-order valence-electron chi connectivity index (χ0n) is 62.4. The van der Waals surface area contributed by atoms with Crippen molar-refractivity contribution in [1.82, 2.24) is 0 Å². The maximum atomic E-state index is 13.4. The van der Waals surface area contributed by atoms with Crippen LogP contribution in [-0.2, 0) is 27.9 Å². The molecule has 11 aliphatic carbocycles. The second-order valence-electron chi connectivity index (χ2n) is 35.9. The zero-order valence-corrected chi connectivity index (χ0v) is 67.2. The van der Waals surface area contributed by atoms with Crippen molar-refractivity contribution in [1.29, 1.82) is 0 Å². The van der Waals surface area contributed by atoms with Crippen molar-refractivity contribution in [3.05, 3.63) is 30.5 Å². The topological polar surface area (TPSA) is 162 Å². The van der Waals surface area contributed by atoms with Crippen LogP contribution in [0.25, 0.3) is 0 Å². The van der Waals surface area contributed by atoms with Crippen LogP contribution in [0.2, 0.25) is 13.1 Å². The van der Waals surface area contributed by atoms with Gasteiger partial charge in [0.25, 0.3) is 0 Å². The van der Waals surface area contributed by atoms with E-state index >= 15 is 0 Å². The Balaban J connectivity index is 0.000000213. The van der Waals surface area contributed by atoms with Gasteiger partial charge in [-0.3, -0.25) is 4.79 Å². The van der Waals surface area contributed by atoms with E-state index in [9.17, 15) is 19.5 Å². The minimum absolute atomic E-state index is 0. The first kappa shape index (κ1) is 79.7. The number of Topliss-reactive ketones (excluding diaryl/α,β-unsaturated/α-hetero) is 1. The first-order valence-corrected chi connectivity index (χ1v) is 43.4. The Hall–Kier alpha value is -1.32. The molecule has 9 nitrogen and oxygen atoms in total. The van der Waals surface area contributed by atoms with Gasteiger partial charge in [-0.2, -0.15) is 0 Å². The van der Waals surface area contributed by atoms with Gasteiger partial charge >= 0.3 is 11.3 Å². The molecule has 0 bridgehead atoms. The summed E-state index contributed by atoms with van der Waals surface area (Å²) in [5.41, 5.74) is 2.24. The van der Waals surface area contributed by atoms with Crippen molar-refractivity contribution >= 4 is 48.4 Å². The van der Waals surface area contributed by atoms with E-state index < -0.39 is 25.1 Å². The summed E-state index contributed by atoms with van der Waals surface area (Å²) in [6, 6.07) is 0. The zero-order chi connectivity index (χ0) is 67.2. The Morgan fingerprint density at radius 3 is 1.55 bits per heavy atom. The van der Waals surface area contributed by atoms with Crippen LogP contribution >= 0.6 is 0 Å². The average Bonchev–Trinajstić information content (AvgIpc) is 1.52. The molecule has 0 saturated heterocycles. The average molecular weight is 1330 g/mol. The molecule has 0 aromatic carbocycles. The van der Waals surface area contributed by atoms with Crippen LogP contribution in [0, 0.1) is 152 Å². The van der Waals surface area contributed by atoms with Gasteiger partial charge in [0.1, 0.15) is 28.8 Å². The van der Waals surface area contributed by atoms with Crippen molar-refractivity contribution < 1.29 is 43.3 Å². The summed E-state index contributed by atoms with van der Waals surface area (Å²) in [4.78, 5) is 45.0. The number of hydrogen-bond donors (Lipinski definition) is 2. The second kappa shape index (κ2) is 33.2. The van der Waals surface area contributed by atoms with Gasteiger partial charge in [-0.05, 0) is 249 Å². The van der Waals surface area contributed by atoms with Crippen LogP contribution in [0.3, 0.4) is 0 Å². The van der Waals surface area contributed by atoms with E-state index in [2.05, 4.69) is 142 Å². The third-order valence-corrected chi connectivity index (χ3v) is 32.0. The second-order valence-corrected chi connectivity index (χ2v) is 37.7.